The number of hydrogen-bond acceptors (Lipinski definition) is 5. The van der Waals surface area contributed by atoms with E-state index in [1.54, 1.807) is 11.3 Å². The molecule has 4 nitrogen and oxygen atoms in total. The van der Waals surface area contributed by atoms with Crippen molar-refractivity contribution in [3.63, 3.8) is 0 Å². The zero-order chi connectivity index (χ0) is 14.8. The number of anilines is 1. The minimum Gasteiger partial charge on any atom is -0.465 e. The first kappa shape index (κ1) is 15.3. The maximum absolute atomic E-state index is 12.0. The van der Waals surface area contributed by atoms with Crippen LogP contribution >= 0.6 is 11.3 Å². The second kappa shape index (κ2) is 6.12. The predicted molar refractivity (Wildman–Crippen MR) is 82.4 cm³/mol. The van der Waals surface area contributed by atoms with Crippen LogP contribution in [0.25, 0.3) is 0 Å². The molecule has 0 N–H and O–H groups in total. The van der Waals surface area contributed by atoms with Crippen molar-refractivity contribution >= 4 is 22.4 Å². The van der Waals surface area contributed by atoms with E-state index in [0.717, 1.165) is 23.8 Å². The number of ether oxygens (including phenoxy) is 1. The van der Waals surface area contributed by atoms with E-state index in [-0.39, 0.29) is 5.97 Å². The van der Waals surface area contributed by atoms with Crippen LogP contribution in [0.1, 0.15) is 52.7 Å². The fourth-order valence-corrected chi connectivity index (χ4v) is 3.70. The Morgan fingerprint density at radius 2 is 2.30 bits per heavy atom. The summed E-state index contributed by atoms with van der Waals surface area (Å²) < 4.78 is 5.15. The lowest BCUT2D eigenvalue weighted by atomic mass is 9.90. The van der Waals surface area contributed by atoms with Gasteiger partial charge in [0.1, 0.15) is 5.41 Å². The van der Waals surface area contributed by atoms with Crippen LogP contribution in [0.2, 0.25) is 0 Å². The summed E-state index contributed by atoms with van der Waals surface area (Å²) >= 11 is 1.64. The highest BCUT2D eigenvalue weighted by Crippen LogP contribution is 2.34. The highest BCUT2D eigenvalue weighted by molar-refractivity contribution is 7.13. The second-order valence-electron chi connectivity index (χ2n) is 5.76. The van der Waals surface area contributed by atoms with E-state index in [1.807, 2.05) is 26.2 Å². The Bertz CT molecular complexity index is 470. The third-order valence-electron chi connectivity index (χ3n) is 4.01. The quantitative estimate of drug-likeness (QED) is 0.781. The van der Waals surface area contributed by atoms with Gasteiger partial charge in [-0.2, -0.15) is 0 Å². The van der Waals surface area contributed by atoms with Crippen molar-refractivity contribution in [2.45, 2.75) is 58.4 Å². The summed E-state index contributed by atoms with van der Waals surface area (Å²) in [6, 6.07) is 0.597. The van der Waals surface area contributed by atoms with Crippen molar-refractivity contribution in [1.82, 2.24) is 4.98 Å². The highest BCUT2D eigenvalue weighted by Gasteiger charge is 2.35. The molecule has 0 aliphatic carbocycles. The van der Waals surface area contributed by atoms with Gasteiger partial charge in [-0.15, -0.1) is 11.3 Å². The first-order valence-corrected chi connectivity index (χ1v) is 8.28. The minimum atomic E-state index is -0.674. The summed E-state index contributed by atoms with van der Waals surface area (Å²) in [6.45, 7) is 9.29. The van der Waals surface area contributed by atoms with E-state index in [2.05, 4.69) is 11.8 Å². The largest absolute Gasteiger partial charge is 0.465 e. The van der Waals surface area contributed by atoms with Crippen LogP contribution in [0, 0.1) is 0 Å². The molecule has 1 saturated heterocycles. The van der Waals surface area contributed by atoms with Crippen molar-refractivity contribution in [3.05, 3.63) is 11.1 Å². The molecule has 1 unspecified atom stereocenters. The maximum atomic E-state index is 12.0. The lowest BCUT2D eigenvalue weighted by Gasteiger charge is -2.23. The number of carbonyl (C=O) groups is 1. The third kappa shape index (κ3) is 2.82. The molecule has 5 heteroatoms. The Morgan fingerprint density at radius 1 is 1.55 bits per heavy atom. The fourth-order valence-electron chi connectivity index (χ4n) is 2.61. The summed E-state index contributed by atoms with van der Waals surface area (Å²) in [5.74, 6) is -0.203. The Labute approximate surface area is 125 Å². The molecule has 1 aromatic rings. The number of thiazole rings is 1. The summed E-state index contributed by atoms with van der Waals surface area (Å²) in [5, 5.41) is 3.04. The molecule has 0 amide bonds. The molecule has 1 aliphatic heterocycles. The standard InChI is InChI=1S/C15H24N2O2S/c1-5-11-8-7-9-17(11)14-16-12(10-20-14)15(3,4)13(18)19-6-2/h10-11H,5-9H2,1-4H3. The Hall–Kier alpha value is -1.10. The first-order chi connectivity index (χ1) is 9.50. The number of aromatic nitrogens is 1. The lowest BCUT2D eigenvalue weighted by Crippen LogP contribution is -2.32. The van der Waals surface area contributed by atoms with E-state index in [0.29, 0.717) is 12.6 Å². The number of esters is 1. The average Bonchev–Trinajstić information content (AvgIpc) is 3.07. The van der Waals surface area contributed by atoms with Gasteiger partial charge >= 0.3 is 5.97 Å². The molecular weight excluding hydrogens is 272 g/mol. The van der Waals surface area contributed by atoms with Crippen molar-refractivity contribution in [3.8, 4) is 0 Å². The van der Waals surface area contributed by atoms with Gasteiger partial charge in [-0.05, 0) is 40.0 Å². The molecule has 0 spiro atoms. The van der Waals surface area contributed by atoms with E-state index in [4.69, 9.17) is 9.72 Å². The van der Waals surface area contributed by atoms with Gasteiger partial charge in [-0.3, -0.25) is 4.79 Å². The summed E-state index contributed by atoms with van der Waals surface area (Å²) in [4.78, 5) is 19.1. The first-order valence-electron chi connectivity index (χ1n) is 7.40. The van der Waals surface area contributed by atoms with E-state index in [9.17, 15) is 4.79 Å². The SMILES string of the molecule is CCOC(=O)C(C)(C)c1csc(N2CCCC2CC)n1. The van der Waals surface area contributed by atoms with Crippen molar-refractivity contribution in [1.29, 1.82) is 0 Å². The number of nitrogens with zero attached hydrogens (tertiary/aromatic N) is 2. The van der Waals surface area contributed by atoms with Gasteiger partial charge in [0.25, 0.3) is 0 Å². The van der Waals surface area contributed by atoms with Gasteiger partial charge in [-0.25, -0.2) is 4.98 Å². The molecule has 0 bridgehead atoms. The maximum Gasteiger partial charge on any atom is 0.317 e. The van der Waals surface area contributed by atoms with Crippen molar-refractivity contribution in [2.24, 2.45) is 0 Å². The Morgan fingerprint density at radius 3 is 2.95 bits per heavy atom. The molecule has 0 saturated carbocycles. The number of hydrogen-bond donors (Lipinski definition) is 0. The van der Waals surface area contributed by atoms with E-state index in [1.165, 1.54) is 12.8 Å². The van der Waals surface area contributed by atoms with Crippen LogP contribution in [-0.4, -0.2) is 30.1 Å². The molecule has 0 radical (unpaired) electrons. The van der Waals surface area contributed by atoms with Crippen molar-refractivity contribution in [2.75, 3.05) is 18.1 Å². The van der Waals surface area contributed by atoms with Crippen LogP contribution < -0.4 is 4.90 Å². The molecule has 1 atom stereocenters. The predicted octanol–water partition coefficient (Wildman–Crippen LogP) is 3.36. The van der Waals surface area contributed by atoms with E-state index < -0.39 is 5.41 Å². The van der Waals surface area contributed by atoms with Gasteiger partial charge in [0, 0.05) is 18.0 Å². The molecule has 1 aromatic heterocycles. The van der Waals surface area contributed by atoms with Gasteiger partial charge in [0.2, 0.25) is 0 Å². The number of rotatable bonds is 5. The van der Waals surface area contributed by atoms with Gasteiger partial charge in [-0.1, -0.05) is 6.92 Å². The number of carbonyl (C=O) groups excluding carboxylic acids is 1. The van der Waals surface area contributed by atoms with Gasteiger partial charge < -0.3 is 9.64 Å². The topological polar surface area (TPSA) is 42.4 Å². The zero-order valence-electron chi connectivity index (χ0n) is 12.8. The van der Waals surface area contributed by atoms with Crippen LogP contribution in [0.15, 0.2) is 5.38 Å². The highest BCUT2D eigenvalue weighted by atomic mass is 32.1. The summed E-state index contributed by atoms with van der Waals surface area (Å²) in [7, 11) is 0. The summed E-state index contributed by atoms with van der Waals surface area (Å²) in [5.41, 5.74) is 0.143. The Kier molecular flexibility index (Phi) is 4.68. The van der Waals surface area contributed by atoms with Crippen LogP contribution in [-0.2, 0) is 14.9 Å². The third-order valence-corrected chi connectivity index (χ3v) is 4.89. The monoisotopic (exact) mass is 296 g/mol. The molecule has 112 valence electrons. The lowest BCUT2D eigenvalue weighted by molar-refractivity contribution is -0.148. The molecule has 20 heavy (non-hydrogen) atoms. The van der Waals surface area contributed by atoms with Gasteiger partial charge in [0.15, 0.2) is 5.13 Å². The van der Waals surface area contributed by atoms with Crippen LogP contribution in [0.5, 0.6) is 0 Å². The summed E-state index contributed by atoms with van der Waals surface area (Å²) in [6.07, 6.45) is 3.62. The Balaban J connectivity index is 2.18. The molecule has 1 aliphatic rings. The van der Waals surface area contributed by atoms with E-state index >= 15 is 0 Å². The fraction of sp³-hybridized carbons (Fsp3) is 0.733. The molecule has 1 fully saturated rings. The molecule has 2 heterocycles. The smallest absolute Gasteiger partial charge is 0.317 e. The average molecular weight is 296 g/mol. The molecule has 0 aromatic carbocycles. The zero-order valence-corrected chi connectivity index (χ0v) is 13.6. The minimum absolute atomic E-state index is 0.203. The normalized spacial score (nSPS) is 19.4. The van der Waals surface area contributed by atoms with Crippen LogP contribution in [0.4, 0.5) is 5.13 Å². The molecular formula is C15H24N2O2S. The second-order valence-corrected chi connectivity index (χ2v) is 6.60. The van der Waals surface area contributed by atoms with Gasteiger partial charge in [0.05, 0.1) is 12.3 Å². The van der Waals surface area contributed by atoms with Crippen LogP contribution in [0.3, 0.4) is 0 Å². The van der Waals surface area contributed by atoms with Crippen molar-refractivity contribution < 1.29 is 9.53 Å². The molecule has 2 rings (SSSR count).